The maximum absolute atomic E-state index is 12.5. The Morgan fingerprint density at radius 2 is 2.00 bits per heavy atom. The van der Waals surface area contributed by atoms with Crippen LogP contribution in [0.1, 0.15) is 31.2 Å². The van der Waals surface area contributed by atoms with Gasteiger partial charge in [0.2, 0.25) is 5.91 Å². The minimum atomic E-state index is -0.0620. The van der Waals surface area contributed by atoms with Gasteiger partial charge in [-0.2, -0.15) is 0 Å². The zero-order valence-electron chi connectivity index (χ0n) is 14.1. The van der Waals surface area contributed by atoms with Crippen molar-refractivity contribution in [2.24, 2.45) is 0 Å². The van der Waals surface area contributed by atoms with Crippen molar-refractivity contribution >= 4 is 17.5 Å². The molecular weight excluding hydrogens is 338 g/mol. The Morgan fingerprint density at radius 3 is 2.76 bits per heavy atom. The predicted octanol–water partition coefficient (Wildman–Crippen LogP) is 3.52. The Labute approximate surface area is 153 Å². The highest BCUT2D eigenvalue weighted by Gasteiger charge is 2.25. The van der Waals surface area contributed by atoms with Crippen LogP contribution < -0.4 is 4.74 Å². The highest BCUT2D eigenvalue weighted by atomic mass is 35.5. The summed E-state index contributed by atoms with van der Waals surface area (Å²) in [5, 5.41) is 0.478. The first kappa shape index (κ1) is 17.7. The smallest absolute Gasteiger partial charge is 0.316 e. The fraction of sp³-hybridized carbons (Fsp3) is 0.421. The SMILES string of the molecule is O=C(CCCc1ccccc1)N1CCCC(Oc2ncc(Cl)cn2)C1. The van der Waals surface area contributed by atoms with Crippen molar-refractivity contribution in [3.63, 3.8) is 0 Å². The van der Waals surface area contributed by atoms with Gasteiger partial charge in [0.15, 0.2) is 0 Å². The molecule has 1 aliphatic heterocycles. The first-order chi connectivity index (χ1) is 12.2. The molecule has 3 rings (SSSR count). The molecular formula is C19H22ClN3O2. The van der Waals surface area contributed by atoms with E-state index in [0.29, 0.717) is 24.0 Å². The number of aryl methyl sites for hydroxylation is 1. The Balaban J connectivity index is 1.45. The van der Waals surface area contributed by atoms with E-state index in [4.69, 9.17) is 16.3 Å². The molecule has 0 spiro atoms. The number of carbonyl (C=O) groups excluding carboxylic acids is 1. The molecule has 1 aromatic heterocycles. The molecule has 1 atom stereocenters. The van der Waals surface area contributed by atoms with Crippen molar-refractivity contribution in [2.75, 3.05) is 13.1 Å². The lowest BCUT2D eigenvalue weighted by Gasteiger charge is -2.32. The number of nitrogens with zero attached hydrogens (tertiary/aromatic N) is 3. The van der Waals surface area contributed by atoms with E-state index >= 15 is 0 Å². The maximum Gasteiger partial charge on any atom is 0.316 e. The van der Waals surface area contributed by atoms with Crippen LogP contribution in [0.2, 0.25) is 5.02 Å². The molecule has 1 aromatic carbocycles. The van der Waals surface area contributed by atoms with Gasteiger partial charge in [0.25, 0.3) is 0 Å². The minimum Gasteiger partial charge on any atom is -0.458 e. The van der Waals surface area contributed by atoms with Crippen molar-refractivity contribution < 1.29 is 9.53 Å². The zero-order valence-corrected chi connectivity index (χ0v) is 14.9. The van der Waals surface area contributed by atoms with E-state index in [1.165, 1.54) is 18.0 Å². The van der Waals surface area contributed by atoms with E-state index < -0.39 is 0 Å². The molecule has 2 heterocycles. The summed E-state index contributed by atoms with van der Waals surface area (Å²) in [6.45, 7) is 1.39. The third-order valence-corrected chi connectivity index (χ3v) is 4.49. The van der Waals surface area contributed by atoms with Gasteiger partial charge in [-0.3, -0.25) is 4.79 Å². The Morgan fingerprint density at radius 1 is 1.24 bits per heavy atom. The van der Waals surface area contributed by atoms with E-state index in [1.807, 2.05) is 23.1 Å². The molecule has 0 radical (unpaired) electrons. The van der Waals surface area contributed by atoms with Gasteiger partial charge >= 0.3 is 6.01 Å². The summed E-state index contributed by atoms with van der Waals surface area (Å²) >= 11 is 5.78. The van der Waals surface area contributed by atoms with Crippen LogP contribution in [0.5, 0.6) is 6.01 Å². The molecule has 1 fully saturated rings. The van der Waals surface area contributed by atoms with Crippen LogP contribution >= 0.6 is 11.6 Å². The molecule has 6 heteroatoms. The third-order valence-electron chi connectivity index (χ3n) is 4.30. The Bertz CT molecular complexity index is 679. The van der Waals surface area contributed by atoms with Crippen molar-refractivity contribution in [1.29, 1.82) is 0 Å². The van der Waals surface area contributed by atoms with E-state index in [-0.39, 0.29) is 12.0 Å². The lowest BCUT2D eigenvalue weighted by atomic mass is 10.1. The summed E-state index contributed by atoms with van der Waals surface area (Å²) in [4.78, 5) is 22.5. The Hall–Kier alpha value is -2.14. The van der Waals surface area contributed by atoms with Gasteiger partial charge in [-0.1, -0.05) is 41.9 Å². The van der Waals surface area contributed by atoms with Gasteiger partial charge in [0.05, 0.1) is 24.0 Å². The van der Waals surface area contributed by atoms with Crippen LogP contribution in [0.25, 0.3) is 0 Å². The molecule has 0 N–H and O–H groups in total. The molecule has 0 bridgehead atoms. The largest absolute Gasteiger partial charge is 0.458 e. The van der Waals surface area contributed by atoms with Gasteiger partial charge < -0.3 is 9.64 Å². The van der Waals surface area contributed by atoms with E-state index in [9.17, 15) is 4.79 Å². The molecule has 1 unspecified atom stereocenters. The fourth-order valence-corrected chi connectivity index (χ4v) is 3.12. The van der Waals surface area contributed by atoms with Crippen LogP contribution in [0.15, 0.2) is 42.7 Å². The van der Waals surface area contributed by atoms with Crippen LogP contribution in [0.4, 0.5) is 0 Å². The molecule has 1 aliphatic rings. The van der Waals surface area contributed by atoms with Gasteiger partial charge in [-0.05, 0) is 31.2 Å². The normalized spacial score (nSPS) is 17.3. The number of ether oxygens (including phenoxy) is 1. The number of hydrogen-bond acceptors (Lipinski definition) is 4. The molecule has 5 nitrogen and oxygen atoms in total. The summed E-state index contributed by atoms with van der Waals surface area (Å²) in [5.74, 6) is 0.196. The van der Waals surface area contributed by atoms with Gasteiger partial charge in [0, 0.05) is 13.0 Å². The van der Waals surface area contributed by atoms with E-state index in [1.54, 1.807) is 0 Å². The number of hydrogen-bond donors (Lipinski definition) is 0. The number of piperidine rings is 1. The molecule has 0 saturated carbocycles. The summed E-state index contributed by atoms with van der Waals surface area (Å²) in [7, 11) is 0. The number of rotatable bonds is 6. The highest BCUT2D eigenvalue weighted by molar-refractivity contribution is 6.30. The summed E-state index contributed by atoms with van der Waals surface area (Å²) in [6, 6.07) is 10.6. The number of carbonyl (C=O) groups is 1. The van der Waals surface area contributed by atoms with Crippen molar-refractivity contribution in [3.8, 4) is 6.01 Å². The van der Waals surface area contributed by atoms with Gasteiger partial charge in [-0.25, -0.2) is 9.97 Å². The zero-order chi connectivity index (χ0) is 17.5. The average Bonchev–Trinajstić information content (AvgIpc) is 2.65. The molecule has 25 heavy (non-hydrogen) atoms. The van der Waals surface area contributed by atoms with Crippen molar-refractivity contribution in [2.45, 2.75) is 38.2 Å². The summed E-state index contributed by atoms with van der Waals surface area (Å²) in [6.07, 6.45) is 7.16. The monoisotopic (exact) mass is 359 g/mol. The molecule has 1 amide bonds. The number of likely N-dealkylation sites (tertiary alicyclic amines) is 1. The van der Waals surface area contributed by atoms with Crippen LogP contribution in [-0.2, 0) is 11.2 Å². The van der Waals surface area contributed by atoms with Crippen molar-refractivity contribution in [1.82, 2.24) is 14.9 Å². The van der Waals surface area contributed by atoms with E-state index in [2.05, 4.69) is 22.1 Å². The third kappa shape index (κ3) is 5.43. The Kier molecular flexibility index (Phi) is 6.23. The van der Waals surface area contributed by atoms with E-state index in [0.717, 1.165) is 32.2 Å². The molecule has 132 valence electrons. The first-order valence-electron chi connectivity index (χ1n) is 8.66. The quantitative estimate of drug-likeness (QED) is 0.791. The topological polar surface area (TPSA) is 55.3 Å². The summed E-state index contributed by atoms with van der Waals surface area (Å²) in [5.41, 5.74) is 1.27. The standard InChI is InChI=1S/C19H22ClN3O2/c20-16-12-21-19(22-13-16)25-17-9-5-11-23(14-17)18(24)10-4-8-15-6-2-1-3-7-15/h1-3,6-7,12-13,17H,4-5,8-11,14H2. The average molecular weight is 360 g/mol. The molecule has 2 aromatic rings. The number of benzene rings is 1. The second-order valence-electron chi connectivity index (χ2n) is 6.24. The van der Waals surface area contributed by atoms with Crippen molar-refractivity contribution in [3.05, 3.63) is 53.3 Å². The second kappa shape index (κ2) is 8.81. The first-order valence-corrected chi connectivity index (χ1v) is 9.04. The summed E-state index contributed by atoms with van der Waals surface area (Å²) < 4.78 is 5.79. The molecule has 1 saturated heterocycles. The number of aromatic nitrogens is 2. The minimum absolute atomic E-state index is 0.0620. The lowest BCUT2D eigenvalue weighted by molar-refractivity contribution is -0.134. The van der Waals surface area contributed by atoms with Crippen LogP contribution in [-0.4, -0.2) is 40.0 Å². The second-order valence-corrected chi connectivity index (χ2v) is 6.68. The lowest BCUT2D eigenvalue weighted by Crippen LogP contribution is -2.44. The van der Waals surface area contributed by atoms with Gasteiger partial charge in [-0.15, -0.1) is 0 Å². The molecule has 0 aliphatic carbocycles. The van der Waals surface area contributed by atoms with Gasteiger partial charge in [0.1, 0.15) is 6.10 Å². The number of amides is 1. The van der Waals surface area contributed by atoms with Crippen LogP contribution in [0, 0.1) is 0 Å². The highest BCUT2D eigenvalue weighted by Crippen LogP contribution is 2.17. The maximum atomic E-state index is 12.5. The predicted molar refractivity (Wildman–Crippen MR) is 96.7 cm³/mol. The fourth-order valence-electron chi connectivity index (χ4n) is 3.02. The number of halogens is 1. The van der Waals surface area contributed by atoms with Crippen LogP contribution in [0.3, 0.4) is 0 Å².